The number of nitrogens with one attached hydrogen (secondary N) is 1. The molecule has 0 unspecified atom stereocenters. The number of alkyl carbamates (subject to hydrolysis) is 1. The number of ether oxygens (including phenoxy) is 2. The molecule has 0 bridgehead atoms. The zero-order valence-electron chi connectivity index (χ0n) is 17.2. The van der Waals surface area contributed by atoms with Crippen LogP contribution in [0.3, 0.4) is 0 Å². The van der Waals surface area contributed by atoms with Gasteiger partial charge in [0.25, 0.3) is 0 Å². The van der Waals surface area contributed by atoms with Crippen molar-refractivity contribution < 1.29 is 23.5 Å². The molecule has 0 spiro atoms. The molecular formula is C21H27NO6. The summed E-state index contributed by atoms with van der Waals surface area (Å²) < 4.78 is 16.0. The van der Waals surface area contributed by atoms with Crippen molar-refractivity contribution in [3.63, 3.8) is 0 Å². The van der Waals surface area contributed by atoms with Gasteiger partial charge in [-0.2, -0.15) is 0 Å². The smallest absolute Gasteiger partial charge is 0.408 e. The largest absolute Gasteiger partial charge is 0.444 e. The lowest BCUT2D eigenvalue weighted by Gasteiger charge is -2.22. The van der Waals surface area contributed by atoms with Gasteiger partial charge in [0.05, 0.1) is 0 Å². The maximum atomic E-state index is 12.5. The topological polar surface area (TPSA) is 94.8 Å². The van der Waals surface area contributed by atoms with Gasteiger partial charge in [-0.25, -0.2) is 14.4 Å². The maximum absolute atomic E-state index is 12.5. The number of hydrogen-bond acceptors (Lipinski definition) is 6. The number of hydrogen-bond donors (Lipinski definition) is 1. The van der Waals surface area contributed by atoms with Gasteiger partial charge in [0, 0.05) is 17.0 Å². The number of fused-ring (bicyclic) bond motifs is 1. The van der Waals surface area contributed by atoms with E-state index < -0.39 is 29.3 Å². The predicted molar refractivity (Wildman–Crippen MR) is 106 cm³/mol. The molecule has 0 fully saturated rings. The van der Waals surface area contributed by atoms with Crippen LogP contribution in [0.15, 0.2) is 27.4 Å². The van der Waals surface area contributed by atoms with E-state index in [1.807, 2.05) is 6.92 Å². The summed E-state index contributed by atoms with van der Waals surface area (Å²) in [6.45, 7) is 10.6. The minimum atomic E-state index is -0.862. The van der Waals surface area contributed by atoms with Gasteiger partial charge in [-0.1, -0.05) is 13.8 Å². The second-order valence-electron chi connectivity index (χ2n) is 7.54. The fourth-order valence-electron chi connectivity index (χ4n) is 2.77. The fourth-order valence-corrected chi connectivity index (χ4v) is 2.77. The maximum Gasteiger partial charge on any atom is 0.408 e. The lowest BCUT2D eigenvalue weighted by molar-refractivity contribution is -0.136. The Kier molecular flexibility index (Phi) is 6.48. The van der Waals surface area contributed by atoms with Crippen molar-refractivity contribution in [1.82, 2.24) is 5.32 Å². The highest BCUT2D eigenvalue weighted by Gasteiger charge is 2.25. The van der Waals surface area contributed by atoms with Gasteiger partial charge in [-0.05, 0) is 58.2 Å². The lowest BCUT2D eigenvalue weighted by atomic mass is 10.0. The Bertz CT molecular complexity index is 938. The number of carbonyl (C=O) groups excluding carboxylic acids is 2. The van der Waals surface area contributed by atoms with Crippen molar-refractivity contribution in [3.8, 4) is 5.75 Å². The minimum Gasteiger partial charge on any atom is -0.444 e. The monoisotopic (exact) mass is 389 g/mol. The molecule has 0 saturated carbocycles. The van der Waals surface area contributed by atoms with Crippen molar-refractivity contribution in [2.45, 2.75) is 66.0 Å². The third-order valence-corrected chi connectivity index (χ3v) is 4.17. The van der Waals surface area contributed by atoms with Crippen molar-refractivity contribution in [3.05, 3.63) is 39.7 Å². The molecule has 7 heteroatoms. The SMILES string of the molecule is CCc1cc(=O)oc2c(C)c(OC(=O)[C@H](CC)NC(=O)OC(C)(C)C)ccc12. The minimum absolute atomic E-state index is 0.276. The van der Waals surface area contributed by atoms with Gasteiger partial charge in [0.2, 0.25) is 0 Å². The van der Waals surface area contributed by atoms with Gasteiger partial charge in [-0.3, -0.25) is 0 Å². The summed E-state index contributed by atoms with van der Waals surface area (Å²) in [7, 11) is 0. The summed E-state index contributed by atoms with van der Waals surface area (Å²) in [5, 5.41) is 3.32. The van der Waals surface area contributed by atoms with E-state index in [1.54, 1.807) is 46.8 Å². The Hall–Kier alpha value is -2.83. The summed E-state index contributed by atoms with van der Waals surface area (Å²) >= 11 is 0. The Morgan fingerprint density at radius 1 is 1.21 bits per heavy atom. The highest BCUT2D eigenvalue weighted by atomic mass is 16.6. The Morgan fingerprint density at radius 2 is 1.89 bits per heavy atom. The molecule has 1 aromatic carbocycles. The number of carbonyl (C=O) groups is 2. The van der Waals surface area contributed by atoms with E-state index in [9.17, 15) is 14.4 Å². The Morgan fingerprint density at radius 3 is 2.46 bits per heavy atom. The number of aryl methyl sites for hydroxylation is 2. The molecule has 152 valence electrons. The molecule has 0 aliphatic heterocycles. The molecule has 1 amide bonds. The fraction of sp³-hybridized carbons (Fsp3) is 0.476. The predicted octanol–water partition coefficient (Wildman–Crippen LogP) is 3.87. The molecule has 0 aliphatic carbocycles. The average Bonchev–Trinajstić information content (AvgIpc) is 2.60. The summed E-state index contributed by atoms with van der Waals surface area (Å²) in [5.74, 6) is -0.344. The van der Waals surface area contributed by atoms with Crippen molar-refractivity contribution >= 4 is 23.0 Å². The molecule has 0 saturated heterocycles. The standard InChI is InChI=1S/C21H27NO6/c1-7-13-11-17(23)27-18-12(3)16(10-9-14(13)18)26-19(24)15(8-2)22-20(25)28-21(4,5)6/h9-11,15H,7-8H2,1-6H3,(H,22,25)/t15-/m0/s1. The summed E-state index contributed by atoms with van der Waals surface area (Å²) in [5.41, 5.74) is 0.683. The van der Waals surface area contributed by atoms with Crippen molar-refractivity contribution in [1.29, 1.82) is 0 Å². The van der Waals surface area contributed by atoms with Crippen molar-refractivity contribution in [2.24, 2.45) is 0 Å². The van der Waals surface area contributed by atoms with Gasteiger partial charge >= 0.3 is 17.7 Å². The number of amides is 1. The summed E-state index contributed by atoms with van der Waals surface area (Å²) in [6.07, 6.45) is 0.322. The second kappa shape index (κ2) is 8.46. The van der Waals surface area contributed by atoms with Crippen LogP contribution in [0.4, 0.5) is 4.79 Å². The number of esters is 1. The van der Waals surface area contributed by atoms with Crippen LogP contribution in [0, 0.1) is 6.92 Å². The van der Waals surface area contributed by atoms with E-state index in [-0.39, 0.29) is 5.75 Å². The van der Waals surface area contributed by atoms with Crippen LogP contribution in [0.2, 0.25) is 0 Å². The second-order valence-corrected chi connectivity index (χ2v) is 7.54. The Labute approximate surface area is 164 Å². The molecule has 7 nitrogen and oxygen atoms in total. The van der Waals surface area contributed by atoms with E-state index in [2.05, 4.69) is 5.32 Å². The third-order valence-electron chi connectivity index (χ3n) is 4.17. The van der Waals surface area contributed by atoms with Crippen molar-refractivity contribution in [2.75, 3.05) is 0 Å². The Balaban J connectivity index is 2.25. The molecule has 1 heterocycles. The van der Waals surface area contributed by atoms with Crippen LogP contribution in [0.25, 0.3) is 11.0 Å². The normalized spacial score (nSPS) is 12.5. The van der Waals surface area contributed by atoms with E-state index in [1.165, 1.54) is 6.07 Å². The molecule has 2 aromatic rings. The van der Waals surface area contributed by atoms with E-state index in [4.69, 9.17) is 13.9 Å². The van der Waals surface area contributed by atoms with Crippen LogP contribution in [-0.2, 0) is 16.0 Å². The van der Waals surface area contributed by atoms with Gasteiger partial charge < -0.3 is 19.2 Å². The quantitative estimate of drug-likeness (QED) is 0.474. The first kappa shape index (κ1) is 21.5. The average molecular weight is 389 g/mol. The highest BCUT2D eigenvalue weighted by molar-refractivity contribution is 5.87. The number of rotatable bonds is 5. The first-order valence-electron chi connectivity index (χ1n) is 9.33. The van der Waals surface area contributed by atoms with Crippen LogP contribution in [-0.4, -0.2) is 23.7 Å². The number of benzene rings is 1. The first-order chi connectivity index (χ1) is 13.1. The molecule has 0 radical (unpaired) electrons. The zero-order valence-corrected chi connectivity index (χ0v) is 17.2. The third kappa shape index (κ3) is 5.12. The highest BCUT2D eigenvalue weighted by Crippen LogP contribution is 2.29. The summed E-state index contributed by atoms with van der Waals surface area (Å²) in [6, 6.07) is 4.02. The van der Waals surface area contributed by atoms with Crippen LogP contribution < -0.4 is 15.7 Å². The zero-order chi connectivity index (χ0) is 21.1. The van der Waals surface area contributed by atoms with E-state index in [0.717, 1.165) is 10.9 Å². The summed E-state index contributed by atoms with van der Waals surface area (Å²) in [4.78, 5) is 36.3. The molecule has 2 rings (SSSR count). The van der Waals surface area contributed by atoms with Crippen LogP contribution in [0.5, 0.6) is 5.75 Å². The molecule has 0 aliphatic rings. The van der Waals surface area contributed by atoms with E-state index in [0.29, 0.717) is 24.0 Å². The van der Waals surface area contributed by atoms with Crippen LogP contribution in [0.1, 0.15) is 52.2 Å². The van der Waals surface area contributed by atoms with Gasteiger partial charge in [0.1, 0.15) is 23.0 Å². The molecular weight excluding hydrogens is 362 g/mol. The van der Waals surface area contributed by atoms with Crippen LogP contribution >= 0.6 is 0 Å². The molecule has 1 aromatic heterocycles. The van der Waals surface area contributed by atoms with E-state index >= 15 is 0 Å². The first-order valence-corrected chi connectivity index (χ1v) is 9.33. The van der Waals surface area contributed by atoms with Gasteiger partial charge in [-0.15, -0.1) is 0 Å². The molecule has 28 heavy (non-hydrogen) atoms. The molecule has 1 N–H and O–H groups in total. The molecule has 1 atom stereocenters. The van der Waals surface area contributed by atoms with Gasteiger partial charge in [0.15, 0.2) is 0 Å². The lowest BCUT2D eigenvalue weighted by Crippen LogP contribution is -2.44.